The molecule has 0 aliphatic heterocycles. The van der Waals surface area contributed by atoms with E-state index in [9.17, 15) is 20.4 Å². The molecule has 0 fully saturated rings. The number of rotatable bonds is 0. The van der Waals surface area contributed by atoms with Crippen LogP contribution >= 0.6 is 0 Å². The minimum atomic E-state index is -0.417. The van der Waals surface area contributed by atoms with Crippen molar-refractivity contribution < 1.29 is 42.1 Å². The summed E-state index contributed by atoms with van der Waals surface area (Å²) in [7, 11) is 0. The first-order chi connectivity index (χ1) is 11.9. The van der Waals surface area contributed by atoms with Crippen molar-refractivity contribution in [1.29, 1.82) is 0 Å². The van der Waals surface area contributed by atoms with Crippen LogP contribution in [0.5, 0.6) is 11.5 Å². The summed E-state index contributed by atoms with van der Waals surface area (Å²) in [5.74, 6) is 0.251. The van der Waals surface area contributed by atoms with Crippen LogP contribution in [0.25, 0.3) is 0 Å². The largest absolute Gasteiger partial charge is 4.00 e. The summed E-state index contributed by atoms with van der Waals surface area (Å²) >= 11 is 0. The molecule has 0 aromatic heterocycles. The molecule has 0 radical (unpaired) electrons. The molecule has 0 amide bonds. The van der Waals surface area contributed by atoms with Gasteiger partial charge >= 0.3 is 21.7 Å². The Labute approximate surface area is 179 Å². The van der Waals surface area contributed by atoms with Gasteiger partial charge in [0.25, 0.3) is 0 Å². The first kappa shape index (κ1) is 30.4. The number of hydrogen-bond acceptors (Lipinski definition) is 4. The number of aryl methyl sites for hydroxylation is 4. The third-order valence-corrected chi connectivity index (χ3v) is 2.66. The molecule has 0 heterocycles. The van der Waals surface area contributed by atoms with Gasteiger partial charge in [-0.1, -0.05) is 86.3 Å². The van der Waals surface area contributed by atoms with Crippen LogP contribution in [0.15, 0.2) is 36.4 Å². The van der Waals surface area contributed by atoms with Crippen LogP contribution in [-0.4, -0.2) is 12.2 Å². The molecule has 0 unspecified atom stereocenters. The standard InChI is InChI=1S/2C8H10O.2C3H7O.Ti/c2*1-6-3-4-8(9)7(2)5-6;2*1-3(2)4;/h2*3-5,9H,1-2H3;2*3H,1-2H3;/q;;2*-1;+4/p-2. The van der Waals surface area contributed by atoms with E-state index in [2.05, 4.69) is 0 Å². The topological polar surface area (TPSA) is 92.2 Å². The Morgan fingerprint density at radius 3 is 0.963 bits per heavy atom. The molecule has 5 heteroatoms. The van der Waals surface area contributed by atoms with Gasteiger partial charge in [0.05, 0.1) is 0 Å². The molecule has 2 rings (SSSR count). The van der Waals surface area contributed by atoms with E-state index in [0.29, 0.717) is 0 Å². The van der Waals surface area contributed by atoms with Crippen LogP contribution in [0.3, 0.4) is 0 Å². The Hall–Kier alpha value is -1.33. The summed E-state index contributed by atoms with van der Waals surface area (Å²) < 4.78 is 0. The van der Waals surface area contributed by atoms with Gasteiger partial charge in [-0.2, -0.15) is 0 Å². The van der Waals surface area contributed by atoms with E-state index in [1.165, 1.54) is 0 Å². The van der Waals surface area contributed by atoms with Crippen LogP contribution in [0, 0.1) is 27.7 Å². The van der Waals surface area contributed by atoms with Crippen LogP contribution in [0.4, 0.5) is 0 Å². The van der Waals surface area contributed by atoms with Crippen molar-refractivity contribution in [2.75, 3.05) is 0 Å². The van der Waals surface area contributed by atoms with Gasteiger partial charge in [0.2, 0.25) is 0 Å². The fraction of sp³-hybridized carbons (Fsp3) is 0.455. The molecule has 0 saturated heterocycles. The maximum atomic E-state index is 10.8. The van der Waals surface area contributed by atoms with E-state index in [4.69, 9.17) is 0 Å². The summed E-state index contributed by atoms with van der Waals surface area (Å²) in [5, 5.41) is 40.6. The molecule has 0 spiro atoms. The van der Waals surface area contributed by atoms with E-state index in [0.717, 1.165) is 22.3 Å². The van der Waals surface area contributed by atoms with Crippen molar-refractivity contribution in [3.8, 4) is 11.5 Å². The van der Waals surface area contributed by atoms with Crippen molar-refractivity contribution in [3.05, 3.63) is 58.7 Å². The second kappa shape index (κ2) is 16.8. The average Bonchev–Trinajstić information content (AvgIpc) is 2.47. The van der Waals surface area contributed by atoms with Crippen LogP contribution in [-0.2, 0) is 21.7 Å². The first-order valence-electron chi connectivity index (χ1n) is 8.67. The monoisotopic (exact) mass is 408 g/mol. The first-order valence-corrected chi connectivity index (χ1v) is 8.67. The normalized spacial score (nSPS) is 9.04. The van der Waals surface area contributed by atoms with E-state index < -0.39 is 12.2 Å². The molecule has 2 aromatic carbocycles. The van der Waals surface area contributed by atoms with Gasteiger partial charge in [0.1, 0.15) is 0 Å². The molecule has 4 nitrogen and oxygen atoms in total. The molecule has 2 aromatic rings. The van der Waals surface area contributed by atoms with Crippen molar-refractivity contribution in [2.45, 2.75) is 67.6 Å². The van der Waals surface area contributed by atoms with Crippen LogP contribution in [0.1, 0.15) is 49.9 Å². The summed E-state index contributed by atoms with van der Waals surface area (Å²) in [5.41, 5.74) is 3.95. The molecular formula is C22H32O4Ti. The Bertz CT molecular complexity index is 565. The Balaban J connectivity index is -0.000000303. The third-order valence-electron chi connectivity index (χ3n) is 2.66. The van der Waals surface area contributed by atoms with E-state index in [1.54, 1.807) is 39.8 Å². The minimum absolute atomic E-state index is 0. The smallest absolute Gasteiger partial charge is 0.872 e. The van der Waals surface area contributed by atoms with E-state index in [-0.39, 0.29) is 33.2 Å². The van der Waals surface area contributed by atoms with Gasteiger partial charge in [0, 0.05) is 0 Å². The third kappa shape index (κ3) is 20.8. The zero-order chi connectivity index (χ0) is 20.9. The molecule has 0 saturated carbocycles. The number of hydrogen-bond donors (Lipinski definition) is 0. The second-order valence-corrected chi connectivity index (χ2v) is 6.64. The maximum Gasteiger partial charge on any atom is 4.00 e. The summed E-state index contributed by atoms with van der Waals surface area (Å²) in [6.45, 7) is 14.1. The predicted molar refractivity (Wildman–Crippen MR) is 101 cm³/mol. The quantitative estimate of drug-likeness (QED) is 0.625. The molecule has 148 valence electrons. The molecule has 0 atom stereocenters. The summed E-state index contributed by atoms with van der Waals surface area (Å²) in [6.07, 6.45) is -0.833. The zero-order valence-corrected chi connectivity index (χ0v) is 19.3. The summed E-state index contributed by atoms with van der Waals surface area (Å²) in [4.78, 5) is 0. The van der Waals surface area contributed by atoms with Crippen molar-refractivity contribution in [2.24, 2.45) is 0 Å². The average molecular weight is 408 g/mol. The van der Waals surface area contributed by atoms with Crippen LogP contribution in [0.2, 0.25) is 0 Å². The van der Waals surface area contributed by atoms with E-state index >= 15 is 0 Å². The van der Waals surface area contributed by atoms with Gasteiger partial charge in [-0.25, -0.2) is 0 Å². The van der Waals surface area contributed by atoms with Gasteiger partial charge in [-0.3, -0.25) is 0 Å². The number of benzene rings is 2. The van der Waals surface area contributed by atoms with Crippen molar-refractivity contribution in [1.82, 2.24) is 0 Å². The fourth-order valence-corrected chi connectivity index (χ4v) is 1.60. The maximum absolute atomic E-state index is 10.8. The van der Waals surface area contributed by atoms with Gasteiger partial charge < -0.3 is 20.4 Å². The molecule has 0 N–H and O–H groups in total. The zero-order valence-electron chi connectivity index (χ0n) is 17.8. The Morgan fingerprint density at radius 2 is 0.815 bits per heavy atom. The second-order valence-electron chi connectivity index (χ2n) is 6.64. The Kier molecular flexibility index (Phi) is 18.9. The predicted octanol–water partition coefficient (Wildman–Crippen LogP) is 2.26. The van der Waals surface area contributed by atoms with Gasteiger partial charge in [0.15, 0.2) is 0 Å². The molecule has 0 aliphatic carbocycles. The summed E-state index contributed by atoms with van der Waals surface area (Å²) in [6, 6.07) is 10.6. The van der Waals surface area contributed by atoms with Crippen LogP contribution < -0.4 is 20.4 Å². The fourth-order valence-electron chi connectivity index (χ4n) is 1.60. The van der Waals surface area contributed by atoms with Crippen molar-refractivity contribution >= 4 is 0 Å². The van der Waals surface area contributed by atoms with E-state index in [1.807, 2.05) is 52.0 Å². The SMILES string of the molecule is CC(C)[O-].CC(C)[O-].Cc1ccc([O-])c(C)c1.Cc1ccc([O-])c(C)c1.[Ti+4]. The van der Waals surface area contributed by atoms with Gasteiger partial charge in [-0.15, -0.1) is 23.7 Å². The molecular weight excluding hydrogens is 376 g/mol. The van der Waals surface area contributed by atoms with Crippen molar-refractivity contribution in [3.63, 3.8) is 0 Å². The van der Waals surface area contributed by atoms with Gasteiger partial charge in [-0.05, 0) is 27.7 Å². The minimum Gasteiger partial charge on any atom is -0.872 e. The molecule has 0 aliphatic rings. The molecule has 27 heavy (non-hydrogen) atoms. The molecule has 0 bridgehead atoms. The Morgan fingerprint density at radius 1 is 0.593 bits per heavy atom.